The molecule has 0 atom stereocenters. The van der Waals surface area contributed by atoms with Gasteiger partial charge in [-0.3, -0.25) is 9.69 Å². The number of carbonyl (C=O) groups is 1. The fourth-order valence-electron chi connectivity index (χ4n) is 3.48. The van der Waals surface area contributed by atoms with Gasteiger partial charge in [0.2, 0.25) is 0 Å². The van der Waals surface area contributed by atoms with Gasteiger partial charge in [-0.2, -0.15) is 0 Å². The van der Waals surface area contributed by atoms with Crippen molar-refractivity contribution in [2.75, 3.05) is 31.1 Å². The number of anilines is 1. The molecule has 25 heavy (non-hydrogen) atoms. The summed E-state index contributed by atoms with van der Waals surface area (Å²) in [5, 5.41) is 0.974. The van der Waals surface area contributed by atoms with Gasteiger partial charge < -0.3 is 15.1 Å². The zero-order chi connectivity index (χ0) is 17.2. The minimum atomic E-state index is -0.505. The molecule has 2 N–H and O–H groups in total. The Morgan fingerprint density at radius 2 is 1.64 bits per heavy atom. The molecule has 128 valence electrons. The molecule has 2 aromatic carbocycles. The third kappa shape index (κ3) is 3.10. The van der Waals surface area contributed by atoms with Crippen LogP contribution in [0.1, 0.15) is 16.1 Å². The second kappa shape index (κ2) is 6.61. The Morgan fingerprint density at radius 1 is 0.960 bits per heavy atom. The van der Waals surface area contributed by atoms with Gasteiger partial charge in [-0.25, -0.2) is 0 Å². The number of furan rings is 1. The number of nitrogens with zero attached hydrogens (tertiary/aromatic N) is 2. The summed E-state index contributed by atoms with van der Waals surface area (Å²) >= 11 is 0. The lowest BCUT2D eigenvalue weighted by atomic mass is 10.1. The Labute approximate surface area is 146 Å². The van der Waals surface area contributed by atoms with Gasteiger partial charge in [-0.05, 0) is 18.2 Å². The van der Waals surface area contributed by atoms with E-state index in [-0.39, 0.29) is 5.76 Å². The SMILES string of the molecule is NC(=O)c1oc2ccccc2c1CN1CCN(c2ccccc2)CC1. The molecule has 1 saturated heterocycles. The Hall–Kier alpha value is -2.79. The summed E-state index contributed by atoms with van der Waals surface area (Å²) in [6, 6.07) is 18.2. The van der Waals surface area contributed by atoms with Gasteiger partial charge in [0.05, 0.1) is 0 Å². The van der Waals surface area contributed by atoms with Crippen LogP contribution in [0, 0.1) is 0 Å². The van der Waals surface area contributed by atoms with Crippen molar-refractivity contribution in [2.24, 2.45) is 5.73 Å². The number of rotatable bonds is 4. The van der Waals surface area contributed by atoms with E-state index in [1.807, 2.05) is 30.3 Å². The molecule has 5 nitrogen and oxygen atoms in total. The minimum Gasteiger partial charge on any atom is -0.451 e. The molecule has 3 aromatic rings. The van der Waals surface area contributed by atoms with Crippen LogP contribution >= 0.6 is 0 Å². The number of amides is 1. The van der Waals surface area contributed by atoms with Crippen molar-refractivity contribution in [3.8, 4) is 0 Å². The third-order valence-corrected chi connectivity index (χ3v) is 4.80. The number of carbonyl (C=O) groups excluding carboxylic acids is 1. The Kier molecular flexibility index (Phi) is 4.15. The number of hydrogen-bond donors (Lipinski definition) is 1. The second-order valence-corrected chi connectivity index (χ2v) is 6.37. The number of primary amides is 1. The largest absolute Gasteiger partial charge is 0.451 e. The average Bonchev–Trinajstić information content (AvgIpc) is 3.02. The summed E-state index contributed by atoms with van der Waals surface area (Å²) in [5.74, 6) is -0.221. The predicted molar refractivity (Wildman–Crippen MR) is 98.7 cm³/mol. The number of para-hydroxylation sites is 2. The Bertz CT molecular complexity index is 880. The van der Waals surface area contributed by atoms with E-state index < -0.39 is 5.91 Å². The van der Waals surface area contributed by atoms with Gasteiger partial charge >= 0.3 is 0 Å². The van der Waals surface area contributed by atoms with Crippen LogP contribution in [-0.4, -0.2) is 37.0 Å². The van der Waals surface area contributed by atoms with Crippen LogP contribution in [0.4, 0.5) is 5.69 Å². The van der Waals surface area contributed by atoms with Gasteiger partial charge in [-0.15, -0.1) is 0 Å². The van der Waals surface area contributed by atoms with E-state index in [2.05, 4.69) is 34.1 Å². The summed E-state index contributed by atoms with van der Waals surface area (Å²) in [7, 11) is 0. The number of fused-ring (bicyclic) bond motifs is 1. The summed E-state index contributed by atoms with van der Waals surface area (Å²) in [6.07, 6.45) is 0. The van der Waals surface area contributed by atoms with Crippen LogP contribution in [0.25, 0.3) is 11.0 Å². The molecular formula is C20H21N3O2. The maximum Gasteiger partial charge on any atom is 0.284 e. The molecule has 0 bridgehead atoms. The van der Waals surface area contributed by atoms with Gasteiger partial charge in [0.25, 0.3) is 5.91 Å². The highest BCUT2D eigenvalue weighted by Crippen LogP contribution is 2.27. The van der Waals surface area contributed by atoms with E-state index in [1.165, 1.54) is 5.69 Å². The quantitative estimate of drug-likeness (QED) is 0.796. The van der Waals surface area contributed by atoms with Crippen LogP contribution < -0.4 is 10.6 Å². The van der Waals surface area contributed by atoms with Crippen LogP contribution in [0.3, 0.4) is 0 Å². The first kappa shape index (κ1) is 15.7. The molecule has 4 rings (SSSR count). The summed E-state index contributed by atoms with van der Waals surface area (Å²) in [4.78, 5) is 16.5. The van der Waals surface area contributed by atoms with Gasteiger partial charge in [0, 0.05) is 49.4 Å². The van der Waals surface area contributed by atoms with Crippen LogP contribution in [0.15, 0.2) is 59.0 Å². The number of nitrogens with two attached hydrogens (primary N) is 1. The zero-order valence-corrected chi connectivity index (χ0v) is 14.0. The van der Waals surface area contributed by atoms with E-state index in [0.29, 0.717) is 12.1 Å². The molecule has 0 unspecified atom stereocenters. The normalized spacial score (nSPS) is 15.6. The first-order chi connectivity index (χ1) is 12.2. The molecule has 0 radical (unpaired) electrons. The van der Waals surface area contributed by atoms with Gasteiger partial charge in [-0.1, -0.05) is 36.4 Å². The lowest BCUT2D eigenvalue weighted by Crippen LogP contribution is -2.46. The molecule has 1 fully saturated rings. The van der Waals surface area contributed by atoms with Crippen molar-refractivity contribution in [3.63, 3.8) is 0 Å². The molecule has 1 amide bonds. The Morgan fingerprint density at radius 3 is 2.36 bits per heavy atom. The molecule has 0 aliphatic carbocycles. The number of benzene rings is 2. The lowest BCUT2D eigenvalue weighted by Gasteiger charge is -2.36. The first-order valence-corrected chi connectivity index (χ1v) is 8.55. The average molecular weight is 335 g/mol. The van der Waals surface area contributed by atoms with Crippen LogP contribution in [0.5, 0.6) is 0 Å². The molecule has 1 aromatic heterocycles. The smallest absolute Gasteiger partial charge is 0.284 e. The van der Waals surface area contributed by atoms with E-state index in [1.54, 1.807) is 0 Å². The van der Waals surface area contributed by atoms with E-state index in [4.69, 9.17) is 10.2 Å². The maximum atomic E-state index is 11.8. The van der Waals surface area contributed by atoms with Crippen molar-refractivity contribution >= 4 is 22.6 Å². The molecular weight excluding hydrogens is 314 g/mol. The van der Waals surface area contributed by atoms with E-state index in [9.17, 15) is 4.79 Å². The molecule has 2 heterocycles. The summed E-state index contributed by atoms with van der Waals surface area (Å²) in [6.45, 7) is 4.48. The second-order valence-electron chi connectivity index (χ2n) is 6.37. The van der Waals surface area contributed by atoms with E-state index in [0.717, 1.165) is 37.1 Å². The lowest BCUT2D eigenvalue weighted by molar-refractivity contribution is 0.0973. The monoisotopic (exact) mass is 335 g/mol. The third-order valence-electron chi connectivity index (χ3n) is 4.80. The fourth-order valence-corrected chi connectivity index (χ4v) is 3.48. The predicted octanol–water partition coefficient (Wildman–Crippen LogP) is 2.85. The minimum absolute atomic E-state index is 0.284. The fraction of sp³-hybridized carbons (Fsp3) is 0.250. The van der Waals surface area contributed by atoms with Gasteiger partial charge in [0.1, 0.15) is 5.58 Å². The zero-order valence-electron chi connectivity index (χ0n) is 14.0. The highest BCUT2D eigenvalue weighted by molar-refractivity contribution is 5.98. The summed E-state index contributed by atoms with van der Waals surface area (Å²) in [5.41, 5.74) is 8.40. The van der Waals surface area contributed by atoms with E-state index >= 15 is 0 Å². The molecule has 1 aliphatic heterocycles. The molecule has 0 spiro atoms. The maximum absolute atomic E-state index is 11.8. The number of hydrogen-bond acceptors (Lipinski definition) is 4. The first-order valence-electron chi connectivity index (χ1n) is 8.55. The van der Waals surface area contributed by atoms with Crippen molar-refractivity contribution < 1.29 is 9.21 Å². The summed E-state index contributed by atoms with van der Waals surface area (Å²) < 4.78 is 5.68. The van der Waals surface area contributed by atoms with Crippen molar-refractivity contribution in [1.29, 1.82) is 0 Å². The highest BCUT2D eigenvalue weighted by atomic mass is 16.3. The highest BCUT2D eigenvalue weighted by Gasteiger charge is 2.23. The Balaban J connectivity index is 1.51. The molecule has 0 saturated carbocycles. The van der Waals surface area contributed by atoms with Gasteiger partial charge in [0.15, 0.2) is 5.76 Å². The molecule has 5 heteroatoms. The van der Waals surface area contributed by atoms with Crippen LogP contribution in [0.2, 0.25) is 0 Å². The van der Waals surface area contributed by atoms with Crippen LogP contribution in [-0.2, 0) is 6.54 Å². The topological polar surface area (TPSA) is 62.7 Å². The van der Waals surface area contributed by atoms with Crippen molar-refractivity contribution in [2.45, 2.75) is 6.54 Å². The standard InChI is InChI=1S/C20H21N3O2/c21-20(24)19-17(16-8-4-5-9-18(16)25-19)14-22-10-12-23(13-11-22)15-6-2-1-3-7-15/h1-9H,10-14H2,(H2,21,24). The number of piperazine rings is 1. The van der Waals surface area contributed by atoms with Crippen molar-refractivity contribution in [1.82, 2.24) is 4.90 Å². The van der Waals surface area contributed by atoms with Crippen molar-refractivity contribution in [3.05, 3.63) is 65.9 Å². The molecule has 1 aliphatic rings.